The van der Waals surface area contributed by atoms with Crippen LogP contribution in [0.1, 0.15) is 15.6 Å². The number of aryl methyl sites for hydroxylation is 2. The largest absolute Gasteiger partial charge is 0.484 e. The van der Waals surface area contributed by atoms with Crippen LogP contribution in [-0.4, -0.2) is 59.4 Å². The average Bonchev–Trinajstić information content (AvgIpc) is 2.97. The Kier molecular flexibility index (Phi) is 5.88. The molecule has 3 rings (SSSR count). The third kappa shape index (κ3) is 4.60. The van der Waals surface area contributed by atoms with E-state index in [2.05, 4.69) is 4.98 Å². The van der Waals surface area contributed by atoms with Gasteiger partial charge in [-0.15, -0.1) is 11.3 Å². The first kappa shape index (κ1) is 18.4. The van der Waals surface area contributed by atoms with Crippen LogP contribution in [0, 0.1) is 13.8 Å². The molecule has 2 heterocycles. The van der Waals surface area contributed by atoms with Gasteiger partial charge >= 0.3 is 0 Å². The normalized spacial score (nSPS) is 14.4. The Bertz CT molecular complexity index is 768. The molecule has 1 aliphatic rings. The summed E-state index contributed by atoms with van der Waals surface area (Å²) in [4.78, 5) is 33.8. The van der Waals surface area contributed by atoms with Crippen LogP contribution in [0.25, 0.3) is 0 Å². The van der Waals surface area contributed by atoms with Gasteiger partial charge in [0.1, 0.15) is 5.75 Å². The Balaban J connectivity index is 1.45. The zero-order valence-corrected chi connectivity index (χ0v) is 15.9. The van der Waals surface area contributed by atoms with Crippen LogP contribution < -0.4 is 4.74 Å². The maximum absolute atomic E-state index is 12.5. The molecule has 138 valence electrons. The maximum atomic E-state index is 12.5. The number of piperazine rings is 1. The van der Waals surface area contributed by atoms with Crippen LogP contribution in [0.5, 0.6) is 5.75 Å². The molecule has 0 spiro atoms. The van der Waals surface area contributed by atoms with Gasteiger partial charge in [-0.2, -0.15) is 0 Å². The summed E-state index contributed by atoms with van der Waals surface area (Å²) in [5.41, 5.74) is 0.938. The van der Waals surface area contributed by atoms with Crippen molar-refractivity contribution < 1.29 is 14.3 Å². The fraction of sp³-hybridized carbons (Fsp3) is 0.421. The molecule has 2 aromatic rings. The summed E-state index contributed by atoms with van der Waals surface area (Å²) in [7, 11) is 0. The monoisotopic (exact) mass is 373 g/mol. The van der Waals surface area contributed by atoms with Crippen LogP contribution in [0.15, 0.2) is 30.3 Å². The molecular formula is C19H23N3O3S. The number of ether oxygens (including phenoxy) is 1. The van der Waals surface area contributed by atoms with Crippen molar-refractivity contribution in [2.24, 2.45) is 0 Å². The highest BCUT2D eigenvalue weighted by molar-refractivity contribution is 7.11. The van der Waals surface area contributed by atoms with Gasteiger partial charge in [-0.05, 0) is 26.0 Å². The lowest BCUT2D eigenvalue weighted by atomic mass is 10.2. The number of para-hydroxylation sites is 1. The highest BCUT2D eigenvalue weighted by atomic mass is 32.1. The minimum Gasteiger partial charge on any atom is -0.484 e. The van der Waals surface area contributed by atoms with Crippen LogP contribution in [0.3, 0.4) is 0 Å². The van der Waals surface area contributed by atoms with E-state index in [1.54, 1.807) is 16.2 Å². The molecule has 0 atom stereocenters. The van der Waals surface area contributed by atoms with E-state index in [1.165, 1.54) is 0 Å². The number of hydrogen-bond acceptors (Lipinski definition) is 5. The van der Waals surface area contributed by atoms with Crippen LogP contribution in [0.2, 0.25) is 0 Å². The summed E-state index contributed by atoms with van der Waals surface area (Å²) in [6, 6.07) is 9.30. The van der Waals surface area contributed by atoms with Crippen molar-refractivity contribution in [3.63, 3.8) is 0 Å². The number of rotatable bonds is 5. The van der Waals surface area contributed by atoms with Gasteiger partial charge in [0.25, 0.3) is 5.91 Å². The molecule has 7 heteroatoms. The summed E-state index contributed by atoms with van der Waals surface area (Å²) >= 11 is 1.58. The van der Waals surface area contributed by atoms with Gasteiger partial charge in [-0.25, -0.2) is 4.98 Å². The lowest BCUT2D eigenvalue weighted by Gasteiger charge is -2.34. The van der Waals surface area contributed by atoms with Crippen molar-refractivity contribution >= 4 is 23.2 Å². The number of hydrogen-bond donors (Lipinski definition) is 0. The molecule has 1 aromatic heterocycles. The van der Waals surface area contributed by atoms with Crippen molar-refractivity contribution in [1.82, 2.24) is 14.8 Å². The van der Waals surface area contributed by atoms with Gasteiger partial charge in [-0.3, -0.25) is 9.59 Å². The molecule has 1 fully saturated rings. The van der Waals surface area contributed by atoms with Crippen LogP contribution in [-0.2, 0) is 16.0 Å². The van der Waals surface area contributed by atoms with Crippen LogP contribution >= 0.6 is 11.3 Å². The minimum atomic E-state index is -0.0464. The molecule has 0 unspecified atom stereocenters. The minimum absolute atomic E-state index is 0.0251. The van der Waals surface area contributed by atoms with E-state index in [-0.39, 0.29) is 18.4 Å². The molecule has 0 bridgehead atoms. The highest BCUT2D eigenvalue weighted by Gasteiger charge is 2.25. The quantitative estimate of drug-likeness (QED) is 0.805. The first-order valence-electron chi connectivity index (χ1n) is 8.69. The second kappa shape index (κ2) is 8.31. The van der Waals surface area contributed by atoms with Gasteiger partial charge in [0.05, 0.1) is 17.1 Å². The molecule has 2 amide bonds. The van der Waals surface area contributed by atoms with Gasteiger partial charge < -0.3 is 14.5 Å². The molecular weight excluding hydrogens is 350 g/mol. The molecule has 6 nitrogen and oxygen atoms in total. The summed E-state index contributed by atoms with van der Waals surface area (Å²) < 4.78 is 5.51. The van der Waals surface area contributed by atoms with E-state index in [1.807, 2.05) is 49.1 Å². The number of nitrogens with zero attached hydrogens (tertiary/aromatic N) is 3. The first-order valence-corrected chi connectivity index (χ1v) is 9.51. The predicted molar refractivity (Wildman–Crippen MR) is 100 cm³/mol. The molecule has 1 aliphatic heterocycles. The third-order valence-electron chi connectivity index (χ3n) is 4.40. The highest BCUT2D eigenvalue weighted by Crippen LogP contribution is 2.19. The Morgan fingerprint density at radius 2 is 1.65 bits per heavy atom. The number of aromatic nitrogens is 1. The van der Waals surface area contributed by atoms with Crippen molar-refractivity contribution in [3.05, 3.63) is 45.9 Å². The summed E-state index contributed by atoms with van der Waals surface area (Å²) in [5, 5.41) is 0.985. The molecule has 0 N–H and O–H groups in total. The molecule has 0 aliphatic carbocycles. The molecule has 1 aromatic carbocycles. The standard InChI is InChI=1S/C19H23N3O3S/c1-14-17(26-15(2)20-14)12-18(23)21-8-10-22(11-9-21)19(24)13-25-16-6-4-3-5-7-16/h3-7H,8-13H2,1-2H3. The lowest BCUT2D eigenvalue weighted by molar-refractivity contribution is -0.140. The van der Waals surface area contributed by atoms with Gasteiger partial charge in [0.2, 0.25) is 5.91 Å². The fourth-order valence-corrected chi connectivity index (χ4v) is 3.87. The molecule has 0 saturated carbocycles. The number of benzene rings is 1. The Hall–Kier alpha value is -2.41. The molecule has 1 saturated heterocycles. The van der Waals surface area contributed by atoms with Crippen molar-refractivity contribution in [2.45, 2.75) is 20.3 Å². The second-order valence-corrected chi connectivity index (χ2v) is 7.57. The number of carbonyl (C=O) groups is 2. The topological polar surface area (TPSA) is 62.7 Å². The van der Waals surface area contributed by atoms with Crippen LogP contribution in [0.4, 0.5) is 0 Å². The summed E-state index contributed by atoms with van der Waals surface area (Å²) in [6.45, 7) is 6.13. The zero-order valence-electron chi connectivity index (χ0n) is 15.1. The summed E-state index contributed by atoms with van der Waals surface area (Å²) in [6.07, 6.45) is 0.391. The average molecular weight is 373 g/mol. The Morgan fingerprint density at radius 3 is 2.23 bits per heavy atom. The van der Waals surface area contributed by atoms with Crippen molar-refractivity contribution in [1.29, 1.82) is 0 Å². The fourth-order valence-electron chi connectivity index (χ4n) is 2.94. The van der Waals surface area contributed by atoms with E-state index in [0.29, 0.717) is 38.3 Å². The van der Waals surface area contributed by atoms with Gasteiger partial charge in [0.15, 0.2) is 6.61 Å². The maximum Gasteiger partial charge on any atom is 0.260 e. The first-order chi connectivity index (χ1) is 12.5. The van der Waals surface area contributed by atoms with E-state index in [9.17, 15) is 9.59 Å². The number of amides is 2. The number of thiazole rings is 1. The van der Waals surface area contributed by atoms with E-state index < -0.39 is 0 Å². The van der Waals surface area contributed by atoms with E-state index >= 15 is 0 Å². The van der Waals surface area contributed by atoms with Crippen molar-refractivity contribution in [3.8, 4) is 5.75 Å². The van der Waals surface area contributed by atoms with Gasteiger partial charge in [0, 0.05) is 31.1 Å². The Labute approximate surface area is 157 Å². The third-order valence-corrected chi connectivity index (χ3v) is 5.47. The smallest absolute Gasteiger partial charge is 0.260 e. The van der Waals surface area contributed by atoms with E-state index in [4.69, 9.17) is 4.74 Å². The van der Waals surface area contributed by atoms with E-state index in [0.717, 1.165) is 15.6 Å². The summed E-state index contributed by atoms with van der Waals surface area (Å²) in [5.74, 6) is 0.740. The molecule has 26 heavy (non-hydrogen) atoms. The number of carbonyl (C=O) groups excluding carboxylic acids is 2. The molecule has 0 radical (unpaired) electrons. The lowest BCUT2D eigenvalue weighted by Crippen LogP contribution is -2.52. The van der Waals surface area contributed by atoms with Gasteiger partial charge in [-0.1, -0.05) is 18.2 Å². The predicted octanol–water partition coefficient (Wildman–Crippen LogP) is 2.05. The second-order valence-electron chi connectivity index (χ2n) is 6.28. The van der Waals surface area contributed by atoms with Crippen molar-refractivity contribution in [2.75, 3.05) is 32.8 Å². The SMILES string of the molecule is Cc1nc(C)c(CC(=O)N2CCN(C(=O)COc3ccccc3)CC2)s1. The Morgan fingerprint density at radius 1 is 1.04 bits per heavy atom. The zero-order chi connectivity index (χ0) is 18.5.